The van der Waals surface area contributed by atoms with Crippen LogP contribution in [0.3, 0.4) is 0 Å². The lowest BCUT2D eigenvalue weighted by Gasteiger charge is -2.10. The number of hydrogen-bond donors (Lipinski definition) is 1. The summed E-state index contributed by atoms with van der Waals surface area (Å²) >= 11 is 11.7. The van der Waals surface area contributed by atoms with Crippen molar-refractivity contribution in [1.29, 1.82) is 0 Å². The fourth-order valence-electron chi connectivity index (χ4n) is 2.11. The SMILES string of the molecule is [2H]C([2H])(c1ccccc1)S(=O)(=O)OC1=C(N)O[C@]([2H])(c2ccc(Cl)c(Cl)c2)C1=O. The van der Waals surface area contributed by atoms with E-state index in [1.807, 2.05) is 0 Å². The number of carbonyl (C=O) groups is 1. The molecule has 0 spiro atoms. The lowest BCUT2D eigenvalue weighted by Crippen LogP contribution is -2.16. The molecule has 1 aliphatic heterocycles. The zero-order chi connectivity index (χ0) is 21.6. The highest BCUT2D eigenvalue weighted by Gasteiger charge is 2.39. The number of ether oxygens (including phenoxy) is 1. The number of Topliss-reactive ketones (excluding diaryl/α,β-unsaturated/α-hetero) is 1. The van der Waals surface area contributed by atoms with E-state index in [1.54, 1.807) is 6.07 Å². The van der Waals surface area contributed by atoms with Crippen LogP contribution in [0.1, 0.15) is 21.3 Å². The van der Waals surface area contributed by atoms with E-state index in [2.05, 4.69) is 0 Å². The fraction of sp³-hybridized carbons (Fsp3) is 0.118. The first-order chi connectivity index (χ1) is 13.4. The highest BCUT2D eigenvalue weighted by molar-refractivity contribution is 7.86. The van der Waals surface area contributed by atoms with Crippen LogP contribution in [0.25, 0.3) is 0 Å². The molecule has 1 atom stereocenters. The number of halogens is 2. The minimum absolute atomic E-state index is 0.0353. The largest absolute Gasteiger partial charge is 0.460 e. The molecule has 0 amide bonds. The summed E-state index contributed by atoms with van der Waals surface area (Å²) in [5.41, 5.74) is 2.30. The number of ketones is 1. The van der Waals surface area contributed by atoms with Gasteiger partial charge in [-0.1, -0.05) is 59.6 Å². The van der Waals surface area contributed by atoms with Gasteiger partial charge in [-0.2, -0.15) is 8.42 Å². The van der Waals surface area contributed by atoms with E-state index in [0.717, 1.165) is 0 Å². The van der Waals surface area contributed by atoms with Gasteiger partial charge in [0.15, 0.2) is 6.08 Å². The lowest BCUT2D eigenvalue weighted by atomic mass is 10.1. The molecule has 3 rings (SSSR count). The fourth-order valence-corrected chi connectivity index (χ4v) is 3.25. The maximum Gasteiger partial charge on any atom is 0.313 e. The Morgan fingerprint density at radius 1 is 1.19 bits per heavy atom. The van der Waals surface area contributed by atoms with Crippen LogP contribution < -0.4 is 5.73 Å². The Balaban J connectivity index is 1.95. The van der Waals surface area contributed by atoms with Crippen molar-refractivity contribution in [3.63, 3.8) is 0 Å². The molecule has 0 unspecified atom stereocenters. The van der Waals surface area contributed by atoms with Gasteiger partial charge in [0, 0.05) is 5.56 Å². The van der Waals surface area contributed by atoms with Crippen molar-refractivity contribution in [2.75, 3.05) is 0 Å². The molecule has 0 saturated carbocycles. The third-order valence-electron chi connectivity index (χ3n) is 3.24. The van der Waals surface area contributed by atoms with Crippen LogP contribution in [0, 0.1) is 0 Å². The number of benzene rings is 2. The van der Waals surface area contributed by atoms with Gasteiger partial charge in [-0.25, -0.2) is 0 Å². The van der Waals surface area contributed by atoms with Gasteiger partial charge in [0.2, 0.25) is 17.4 Å². The Hall–Kier alpha value is -2.22. The number of rotatable bonds is 5. The summed E-state index contributed by atoms with van der Waals surface area (Å²) in [6.45, 7) is 0. The van der Waals surface area contributed by atoms with Crippen LogP contribution in [0.5, 0.6) is 0 Å². The average molecular weight is 417 g/mol. The molecule has 6 nitrogen and oxygen atoms in total. The zero-order valence-corrected chi connectivity index (χ0v) is 15.2. The van der Waals surface area contributed by atoms with Crippen molar-refractivity contribution < 1.29 is 26.2 Å². The number of carbonyl (C=O) groups excluding carboxylic acids is 1. The molecular weight excluding hydrogens is 401 g/mol. The van der Waals surface area contributed by atoms with Crippen LogP contribution in [-0.2, 0) is 29.5 Å². The maximum atomic E-state index is 12.7. The van der Waals surface area contributed by atoms with Gasteiger partial charge in [0.25, 0.3) is 0 Å². The molecule has 0 fully saturated rings. The molecule has 2 aromatic rings. The van der Waals surface area contributed by atoms with Crippen LogP contribution in [0.15, 0.2) is 60.2 Å². The van der Waals surface area contributed by atoms with E-state index in [4.69, 9.17) is 42.0 Å². The molecule has 2 aromatic carbocycles. The van der Waals surface area contributed by atoms with Crippen molar-refractivity contribution in [1.82, 2.24) is 0 Å². The van der Waals surface area contributed by atoms with E-state index < -0.39 is 39.3 Å². The lowest BCUT2D eigenvalue weighted by molar-refractivity contribution is -0.123. The van der Waals surface area contributed by atoms with E-state index in [0.29, 0.717) is 0 Å². The first-order valence-corrected chi connectivity index (χ1v) is 9.25. The van der Waals surface area contributed by atoms with Crippen molar-refractivity contribution >= 4 is 39.1 Å². The Kier molecular flexibility index (Phi) is 4.12. The quantitative estimate of drug-likeness (QED) is 0.750. The summed E-state index contributed by atoms with van der Waals surface area (Å²) in [6, 6.07) is 10.8. The molecule has 0 saturated heterocycles. The van der Waals surface area contributed by atoms with Gasteiger partial charge in [-0.3, -0.25) is 4.79 Å². The Labute approximate surface area is 164 Å². The average Bonchev–Trinajstić information content (AvgIpc) is 2.88. The highest BCUT2D eigenvalue weighted by atomic mass is 35.5. The molecule has 26 heavy (non-hydrogen) atoms. The Morgan fingerprint density at radius 2 is 1.88 bits per heavy atom. The minimum atomic E-state index is -5.05. The van der Waals surface area contributed by atoms with Crippen LogP contribution in [0.2, 0.25) is 10.0 Å². The second kappa shape index (κ2) is 7.19. The molecule has 0 aliphatic carbocycles. The van der Waals surface area contributed by atoms with Gasteiger partial charge >= 0.3 is 10.1 Å². The van der Waals surface area contributed by atoms with Crippen molar-refractivity contribution in [3.05, 3.63) is 81.3 Å². The zero-order valence-electron chi connectivity index (χ0n) is 15.9. The third kappa shape index (κ3) is 3.95. The first kappa shape index (κ1) is 14.9. The molecule has 9 heteroatoms. The second-order valence-electron chi connectivity index (χ2n) is 5.09. The highest BCUT2D eigenvalue weighted by Crippen LogP contribution is 2.35. The topological polar surface area (TPSA) is 95.7 Å². The summed E-state index contributed by atoms with van der Waals surface area (Å²) in [6.07, 6.45) is -2.47. The standard InChI is InChI=1S/C17H13Cl2NO5S/c18-12-7-6-11(8-13(12)19)15-14(21)16(17(20)24-15)25-26(22,23)9-10-4-2-1-3-5-10/h1-8,15H,9,20H2/t15-/m1/s1/i9D2,15D. The molecular formula is C17H13Cl2NO5S. The van der Waals surface area contributed by atoms with Gasteiger partial charge in [0.1, 0.15) is 5.70 Å². The third-order valence-corrected chi connectivity index (χ3v) is 4.85. The second-order valence-corrected chi connectivity index (χ2v) is 7.18. The normalized spacial score (nSPS) is 22.4. The molecule has 2 N–H and O–H groups in total. The van der Waals surface area contributed by atoms with E-state index in [-0.39, 0.29) is 21.2 Å². The molecule has 0 bridgehead atoms. The van der Waals surface area contributed by atoms with Gasteiger partial charge in [-0.05, 0) is 17.7 Å². The van der Waals surface area contributed by atoms with Crippen LogP contribution in [-0.4, -0.2) is 14.2 Å². The Morgan fingerprint density at radius 3 is 2.54 bits per heavy atom. The van der Waals surface area contributed by atoms with Crippen LogP contribution in [0.4, 0.5) is 0 Å². The van der Waals surface area contributed by atoms with Gasteiger partial charge in [0.05, 0.1) is 14.2 Å². The summed E-state index contributed by atoms with van der Waals surface area (Å²) < 4.78 is 59.1. The number of hydrogen-bond acceptors (Lipinski definition) is 6. The van der Waals surface area contributed by atoms with E-state index >= 15 is 0 Å². The molecule has 0 aromatic heterocycles. The number of nitrogens with two attached hydrogens (primary N) is 1. The van der Waals surface area contributed by atoms with E-state index in [1.165, 1.54) is 42.5 Å². The Bertz CT molecular complexity index is 1130. The van der Waals surface area contributed by atoms with Gasteiger partial charge in [-0.15, -0.1) is 0 Å². The predicted molar refractivity (Wildman–Crippen MR) is 96.7 cm³/mol. The smallest absolute Gasteiger partial charge is 0.313 e. The molecule has 1 heterocycles. The summed E-state index contributed by atoms with van der Waals surface area (Å²) in [5.74, 6) is -3.00. The molecule has 1 aliphatic rings. The summed E-state index contributed by atoms with van der Waals surface area (Å²) in [7, 11) is -5.05. The predicted octanol–water partition coefficient (Wildman–Crippen LogP) is 3.31. The monoisotopic (exact) mass is 416 g/mol. The van der Waals surface area contributed by atoms with Crippen molar-refractivity contribution in [2.24, 2.45) is 5.73 Å². The maximum absolute atomic E-state index is 12.7. The van der Waals surface area contributed by atoms with E-state index in [9.17, 15) is 13.2 Å². The van der Waals surface area contributed by atoms with Crippen molar-refractivity contribution in [3.8, 4) is 0 Å². The first-order valence-electron chi connectivity index (χ1n) is 8.59. The summed E-state index contributed by atoms with van der Waals surface area (Å²) in [4.78, 5) is 12.7. The van der Waals surface area contributed by atoms with Gasteiger partial charge < -0.3 is 14.7 Å². The molecule has 136 valence electrons. The summed E-state index contributed by atoms with van der Waals surface area (Å²) in [5, 5.41) is 0.202. The molecule has 0 radical (unpaired) electrons. The van der Waals surface area contributed by atoms with Crippen molar-refractivity contribution in [2.45, 2.75) is 11.8 Å². The minimum Gasteiger partial charge on any atom is -0.460 e. The van der Waals surface area contributed by atoms with Crippen LogP contribution >= 0.6 is 23.2 Å².